The van der Waals surface area contributed by atoms with Gasteiger partial charge in [0.2, 0.25) is 0 Å². The van der Waals surface area contributed by atoms with Crippen LogP contribution in [0.1, 0.15) is 30.4 Å². The number of carboxylic acid groups (broad SMARTS) is 1. The Labute approximate surface area is 158 Å². The molecule has 0 saturated carbocycles. The summed E-state index contributed by atoms with van der Waals surface area (Å²) in [5.74, 6) is -1.12. The van der Waals surface area contributed by atoms with Gasteiger partial charge in [0.25, 0.3) is 0 Å². The summed E-state index contributed by atoms with van der Waals surface area (Å²) in [5.41, 5.74) is 4.54. The summed E-state index contributed by atoms with van der Waals surface area (Å²) in [5, 5.41) is 9.27. The second-order valence-corrected chi connectivity index (χ2v) is 6.59. The Kier molecular flexibility index (Phi) is 5.60. The van der Waals surface area contributed by atoms with E-state index < -0.39 is 18.1 Å². The molecule has 1 atom stereocenters. The van der Waals surface area contributed by atoms with E-state index in [-0.39, 0.29) is 19.1 Å². The SMILES string of the molecule is C=CCCN(C(=O)OCC1c2ccccc2-c2ccccc21)[C@@H](C)C(=O)O. The van der Waals surface area contributed by atoms with Gasteiger partial charge < -0.3 is 9.84 Å². The molecule has 1 N–H and O–H groups in total. The molecule has 0 spiro atoms. The second kappa shape index (κ2) is 8.08. The lowest BCUT2D eigenvalue weighted by Gasteiger charge is -2.26. The van der Waals surface area contributed by atoms with Crippen LogP contribution in [-0.2, 0) is 9.53 Å². The van der Waals surface area contributed by atoms with Crippen LogP contribution in [0, 0.1) is 0 Å². The number of amides is 1. The Morgan fingerprint density at radius 2 is 1.70 bits per heavy atom. The largest absolute Gasteiger partial charge is 0.480 e. The third-order valence-corrected chi connectivity index (χ3v) is 4.97. The van der Waals surface area contributed by atoms with Gasteiger partial charge in [0.1, 0.15) is 12.6 Å². The fourth-order valence-corrected chi connectivity index (χ4v) is 3.48. The smallest absolute Gasteiger partial charge is 0.410 e. The lowest BCUT2D eigenvalue weighted by atomic mass is 9.98. The van der Waals surface area contributed by atoms with E-state index in [4.69, 9.17) is 4.74 Å². The molecule has 0 radical (unpaired) electrons. The Morgan fingerprint density at radius 1 is 1.15 bits per heavy atom. The predicted molar refractivity (Wildman–Crippen MR) is 104 cm³/mol. The number of carbonyl (C=O) groups is 2. The van der Waals surface area contributed by atoms with Crippen molar-refractivity contribution in [3.05, 3.63) is 72.3 Å². The van der Waals surface area contributed by atoms with Gasteiger partial charge in [0.05, 0.1) is 0 Å². The van der Waals surface area contributed by atoms with Crippen LogP contribution in [0.4, 0.5) is 4.79 Å². The zero-order chi connectivity index (χ0) is 19.4. The fourth-order valence-electron chi connectivity index (χ4n) is 3.48. The molecule has 3 rings (SSSR count). The van der Waals surface area contributed by atoms with Crippen molar-refractivity contribution in [2.45, 2.75) is 25.3 Å². The average molecular weight is 365 g/mol. The number of rotatable bonds is 7. The number of benzene rings is 2. The molecule has 5 heteroatoms. The highest BCUT2D eigenvalue weighted by atomic mass is 16.6. The molecule has 1 aliphatic rings. The van der Waals surface area contributed by atoms with Crippen molar-refractivity contribution < 1.29 is 19.4 Å². The number of hydrogen-bond acceptors (Lipinski definition) is 3. The minimum absolute atomic E-state index is 0.0530. The molecule has 1 aliphatic carbocycles. The van der Waals surface area contributed by atoms with Gasteiger partial charge in [-0.15, -0.1) is 6.58 Å². The molecule has 0 aliphatic heterocycles. The summed E-state index contributed by atoms with van der Waals surface area (Å²) in [6, 6.07) is 15.2. The van der Waals surface area contributed by atoms with Crippen molar-refractivity contribution in [1.29, 1.82) is 0 Å². The molecular weight excluding hydrogens is 342 g/mol. The zero-order valence-electron chi connectivity index (χ0n) is 15.3. The Balaban J connectivity index is 1.78. The lowest BCUT2D eigenvalue weighted by Crippen LogP contribution is -2.44. The first-order chi connectivity index (χ1) is 13.0. The van der Waals surface area contributed by atoms with E-state index in [0.29, 0.717) is 6.42 Å². The number of carboxylic acids is 1. The molecule has 0 bridgehead atoms. The van der Waals surface area contributed by atoms with Crippen molar-refractivity contribution in [3.8, 4) is 11.1 Å². The number of ether oxygens (including phenoxy) is 1. The van der Waals surface area contributed by atoms with Gasteiger partial charge >= 0.3 is 12.1 Å². The van der Waals surface area contributed by atoms with Crippen LogP contribution in [0.5, 0.6) is 0 Å². The van der Waals surface area contributed by atoms with Gasteiger partial charge in [-0.1, -0.05) is 54.6 Å². The summed E-state index contributed by atoms with van der Waals surface area (Å²) in [7, 11) is 0. The molecule has 0 aromatic heterocycles. The molecule has 0 saturated heterocycles. The van der Waals surface area contributed by atoms with E-state index in [0.717, 1.165) is 22.3 Å². The minimum atomic E-state index is -1.06. The van der Waals surface area contributed by atoms with Gasteiger partial charge in [0.15, 0.2) is 0 Å². The van der Waals surface area contributed by atoms with Crippen molar-refractivity contribution in [1.82, 2.24) is 4.90 Å². The van der Waals surface area contributed by atoms with Crippen molar-refractivity contribution in [2.24, 2.45) is 0 Å². The average Bonchev–Trinajstić information content (AvgIpc) is 3.00. The van der Waals surface area contributed by atoms with E-state index in [2.05, 4.69) is 18.7 Å². The molecule has 5 nitrogen and oxygen atoms in total. The summed E-state index contributed by atoms with van der Waals surface area (Å²) in [6.07, 6.45) is 1.54. The molecule has 140 valence electrons. The van der Waals surface area contributed by atoms with Crippen molar-refractivity contribution >= 4 is 12.1 Å². The molecule has 27 heavy (non-hydrogen) atoms. The number of carbonyl (C=O) groups excluding carboxylic acids is 1. The topological polar surface area (TPSA) is 66.8 Å². The van der Waals surface area contributed by atoms with Crippen LogP contribution in [0.25, 0.3) is 11.1 Å². The number of hydrogen-bond donors (Lipinski definition) is 1. The van der Waals surface area contributed by atoms with E-state index in [1.165, 1.54) is 11.8 Å². The normalized spacial score (nSPS) is 13.4. The highest BCUT2D eigenvalue weighted by molar-refractivity contribution is 5.81. The second-order valence-electron chi connectivity index (χ2n) is 6.59. The van der Waals surface area contributed by atoms with E-state index >= 15 is 0 Å². The minimum Gasteiger partial charge on any atom is -0.480 e. The fraction of sp³-hybridized carbons (Fsp3) is 0.273. The number of nitrogens with zero attached hydrogens (tertiary/aromatic N) is 1. The van der Waals surface area contributed by atoms with Gasteiger partial charge in [-0.05, 0) is 35.6 Å². The van der Waals surface area contributed by atoms with E-state index in [1.807, 2.05) is 36.4 Å². The quantitative estimate of drug-likeness (QED) is 0.744. The first-order valence-electron chi connectivity index (χ1n) is 9.00. The molecule has 0 fully saturated rings. The Morgan fingerprint density at radius 3 is 2.22 bits per heavy atom. The van der Waals surface area contributed by atoms with Crippen LogP contribution in [0.3, 0.4) is 0 Å². The van der Waals surface area contributed by atoms with Crippen LogP contribution < -0.4 is 0 Å². The monoisotopic (exact) mass is 365 g/mol. The maximum atomic E-state index is 12.6. The van der Waals surface area contributed by atoms with Crippen LogP contribution in [-0.4, -0.2) is 41.3 Å². The van der Waals surface area contributed by atoms with Gasteiger partial charge in [0, 0.05) is 12.5 Å². The van der Waals surface area contributed by atoms with Crippen LogP contribution >= 0.6 is 0 Å². The Hall–Kier alpha value is -3.08. The maximum absolute atomic E-state index is 12.6. The molecule has 0 heterocycles. The van der Waals surface area contributed by atoms with E-state index in [1.54, 1.807) is 6.08 Å². The third kappa shape index (κ3) is 3.72. The van der Waals surface area contributed by atoms with Gasteiger partial charge in [-0.25, -0.2) is 9.59 Å². The van der Waals surface area contributed by atoms with Crippen molar-refractivity contribution in [3.63, 3.8) is 0 Å². The first-order valence-corrected chi connectivity index (χ1v) is 9.00. The zero-order valence-corrected chi connectivity index (χ0v) is 15.3. The summed E-state index contributed by atoms with van der Waals surface area (Å²) >= 11 is 0. The number of fused-ring (bicyclic) bond motifs is 3. The third-order valence-electron chi connectivity index (χ3n) is 4.97. The molecule has 2 aromatic carbocycles. The van der Waals surface area contributed by atoms with E-state index in [9.17, 15) is 14.7 Å². The highest BCUT2D eigenvalue weighted by Gasteiger charge is 2.31. The van der Waals surface area contributed by atoms with Crippen molar-refractivity contribution in [2.75, 3.05) is 13.2 Å². The Bertz CT molecular complexity index is 815. The molecule has 0 unspecified atom stereocenters. The lowest BCUT2D eigenvalue weighted by molar-refractivity contribution is -0.142. The summed E-state index contributed by atoms with van der Waals surface area (Å²) < 4.78 is 5.56. The standard InChI is InChI=1S/C22H23NO4/c1-3-4-13-23(15(2)21(24)25)22(26)27-14-20-18-11-7-5-9-16(18)17-10-6-8-12-19(17)20/h3,5-12,15,20H,1,4,13-14H2,2H3,(H,24,25)/t15-/m0/s1. The highest BCUT2D eigenvalue weighted by Crippen LogP contribution is 2.44. The summed E-state index contributed by atoms with van der Waals surface area (Å²) in [4.78, 5) is 25.1. The maximum Gasteiger partial charge on any atom is 0.410 e. The predicted octanol–water partition coefficient (Wildman–Crippen LogP) is 4.29. The molecule has 2 aromatic rings. The van der Waals surface area contributed by atoms with Gasteiger partial charge in [-0.2, -0.15) is 0 Å². The number of aliphatic carboxylic acids is 1. The van der Waals surface area contributed by atoms with Gasteiger partial charge in [-0.3, -0.25) is 4.90 Å². The molecule has 1 amide bonds. The molecular formula is C22H23NO4. The summed E-state index contributed by atoms with van der Waals surface area (Å²) in [6.45, 7) is 5.54. The first kappa shape index (κ1) is 18.7. The van der Waals surface area contributed by atoms with Crippen LogP contribution in [0.15, 0.2) is 61.2 Å². The van der Waals surface area contributed by atoms with Crippen LogP contribution in [0.2, 0.25) is 0 Å².